The summed E-state index contributed by atoms with van der Waals surface area (Å²) in [6.45, 7) is 1.66. The van der Waals surface area contributed by atoms with Crippen LogP contribution in [0.25, 0.3) is 6.08 Å². The lowest BCUT2D eigenvalue weighted by Crippen LogP contribution is -2.23. The van der Waals surface area contributed by atoms with Crippen molar-refractivity contribution in [2.75, 3.05) is 13.1 Å². The first-order valence-corrected chi connectivity index (χ1v) is 9.04. The van der Waals surface area contributed by atoms with Crippen molar-refractivity contribution < 1.29 is 9.59 Å². The molecule has 2 aliphatic heterocycles. The van der Waals surface area contributed by atoms with Gasteiger partial charge in [0, 0.05) is 30.1 Å². The highest BCUT2D eigenvalue weighted by molar-refractivity contribution is 6.32. The average Bonchev–Trinajstić information content (AvgIpc) is 2.93. The first kappa shape index (κ1) is 18.5. The molecular formula is C19H25ClN2O2. The first-order chi connectivity index (χ1) is 11.7. The number of hydrogen-bond acceptors (Lipinski definition) is 2. The molecule has 0 unspecified atom stereocenters. The number of nitrogens with one attached hydrogen (secondary N) is 2. The van der Waals surface area contributed by atoms with Crippen LogP contribution < -0.4 is 10.6 Å². The summed E-state index contributed by atoms with van der Waals surface area (Å²) in [5.74, 6) is 0.264. The van der Waals surface area contributed by atoms with E-state index >= 15 is 0 Å². The van der Waals surface area contributed by atoms with Gasteiger partial charge < -0.3 is 10.6 Å². The summed E-state index contributed by atoms with van der Waals surface area (Å²) in [5.41, 5.74) is 1.74. The molecule has 1 aromatic rings. The molecule has 24 heavy (non-hydrogen) atoms. The Balaban J connectivity index is 0.000000219. The van der Waals surface area contributed by atoms with Gasteiger partial charge in [0.15, 0.2) is 0 Å². The summed E-state index contributed by atoms with van der Waals surface area (Å²) in [7, 11) is 0. The number of halogens is 1. The smallest absolute Gasteiger partial charge is 0.247 e. The number of amides is 2. The number of carbonyl (C=O) groups excluding carboxylic acids is 2. The highest BCUT2D eigenvalue weighted by atomic mass is 35.5. The van der Waals surface area contributed by atoms with Crippen LogP contribution in [0.2, 0.25) is 5.02 Å². The maximum atomic E-state index is 11.7. The van der Waals surface area contributed by atoms with Crippen LogP contribution in [0.4, 0.5) is 0 Å². The molecule has 2 amide bonds. The van der Waals surface area contributed by atoms with E-state index in [1.165, 1.54) is 6.42 Å². The Bertz CT molecular complexity index is 589. The molecule has 2 heterocycles. The van der Waals surface area contributed by atoms with Crippen molar-refractivity contribution in [3.05, 3.63) is 40.4 Å². The Morgan fingerprint density at radius 3 is 2.42 bits per heavy atom. The van der Waals surface area contributed by atoms with Crippen molar-refractivity contribution in [3.8, 4) is 0 Å². The van der Waals surface area contributed by atoms with Crippen LogP contribution in [0.3, 0.4) is 0 Å². The Hall–Kier alpha value is -1.81. The van der Waals surface area contributed by atoms with Gasteiger partial charge in [-0.25, -0.2) is 0 Å². The summed E-state index contributed by atoms with van der Waals surface area (Å²) < 4.78 is 0. The predicted octanol–water partition coefficient (Wildman–Crippen LogP) is 3.70. The molecule has 0 spiro atoms. The minimum atomic E-state index is 0.0393. The van der Waals surface area contributed by atoms with E-state index in [0.29, 0.717) is 5.02 Å². The molecular weight excluding hydrogens is 324 g/mol. The minimum Gasteiger partial charge on any atom is -0.356 e. The van der Waals surface area contributed by atoms with Gasteiger partial charge in [0.25, 0.3) is 0 Å². The van der Waals surface area contributed by atoms with Crippen LogP contribution in [0, 0.1) is 0 Å². The van der Waals surface area contributed by atoms with Crippen LogP contribution in [-0.2, 0) is 9.59 Å². The predicted molar refractivity (Wildman–Crippen MR) is 97.8 cm³/mol. The quantitative estimate of drug-likeness (QED) is 0.760. The Kier molecular flexibility index (Phi) is 7.83. The summed E-state index contributed by atoms with van der Waals surface area (Å²) in [6, 6.07) is 7.57. The van der Waals surface area contributed by atoms with Gasteiger partial charge in [-0.2, -0.15) is 0 Å². The molecule has 2 N–H and O–H groups in total. The summed E-state index contributed by atoms with van der Waals surface area (Å²) in [5, 5.41) is 6.38. The second-order valence-corrected chi connectivity index (χ2v) is 6.47. The van der Waals surface area contributed by atoms with E-state index in [4.69, 9.17) is 11.6 Å². The third kappa shape index (κ3) is 6.36. The zero-order chi connectivity index (χ0) is 17.2. The largest absolute Gasteiger partial charge is 0.356 e. The lowest BCUT2D eigenvalue weighted by Gasteiger charge is -2.03. The van der Waals surface area contributed by atoms with Gasteiger partial charge in [-0.1, -0.05) is 36.2 Å². The summed E-state index contributed by atoms with van der Waals surface area (Å²) >= 11 is 6.06. The van der Waals surface area contributed by atoms with E-state index in [1.54, 1.807) is 0 Å². The zero-order valence-electron chi connectivity index (χ0n) is 13.9. The van der Waals surface area contributed by atoms with Gasteiger partial charge in [-0.05, 0) is 49.8 Å². The van der Waals surface area contributed by atoms with Crippen molar-refractivity contribution in [2.24, 2.45) is 0 Å². The molecule has 2 saturated heterocycles. The topological polar surface area (TPSA) is 58.2 Å². The van der Waals surface area contributed by atoms with Gasteiger partial charge in [-0.3, -0.25) is 9.59 Å². The van der Waals surface area contributed by atoms with E-state index in [-0.39, 0.29) is 11.8 Å². The molecule has 2 aliphatic rings. The Morgan fingerprint density at radius 1 is 0.875 bits per heavy atom. The number of rotatable bonds is 1. The van der Waals surface area contributed by atoms with Crippen molar-refractivity contribution in [3.63, 3.8) is 0 Å². The Labute approximate surface area is 148 Å². The standard InChI is InChI=1S/C13H14ClNO.C6H11NO/c14-12-7-2-1-5-10(12)9-11-6-3-4-8-15-13(11)16;8-6-4-2-1-3-5-7-6/h1-2,5,7,9H,3-4,6,8H2,(H,15,16);1-5H2,(H,7,8)/b11-9+;. The van der Waals surface area contributed by atoms with E-state index in [0.717, 1.165) is 62.8 Å². The normalized spacial score (nSPS) is 20.1. The van der Waals surface area contributed by atoms with Gasteiger partial charge in [0.1, 0.15) is 0 Å². The molecule has 1 aromatic carbocycles. The SMILES string of the molecule is O=C1CCCCCN1.O=C1NCCCC/C1=C\c1ccccc1Cl. The zero-order valence-corrected chi connectivity index (χ0v) is 14.7. The molecule has 3 rings (SSSR count). The van der Waals surface area contributed by atoms with Gasteiger partial charge in [0.05, 0.1) is 0 Å². The molecule has 0 aliphatic carbocycles. The minimum absolute atomic E-state index is 0.0393. The molecule has 5 heteroatoms. The fraction of sp³-hybridized carbons (Fsp3) is 0.474. The Morgan fingerprint density at radius 2 is 1.58 bits per heavy atom. The lowest BCUT2D eigenvalue weighted by atomic mass is 10.1. The van der Waals surface area contributed by atoms with E-state index in [1.807, 2.05) is 30.3 Å². The molecule has 2 fully saturated rings. The van der Waals surface area contributed by atoms with Gasteiger partial charge in [0.2, 0.25) is 11.8 Å². The third-order valence-corrected chi connectivity index (χ3v) is 4.43. The fourth-order valence-electron chi connectivity index (χ4n) is 2.69. The van der Waals surface area contributed by atoms with Gasteiger partial charge in [-0.15, -0.1) is 0 Å². The van der Waals surface area contributed by atoms with Crippen LogP contribution in [0.5, 0.6) is 0 Å². The van der Waals surface area contributed by atoms with E-state index < -0.39 is 0 Å². The lowest BCUT2D eigenvalue weighted by molar-refractivity contribution is -0.120. The van der Waals surface area contributed by atoms with E-state index in [9.17, 15) is 9.59 Å². The second kappa shape index (κ2) is 10.1. The molecule has 0 radical (unpaired) electrons. The molecule has 0 atom stereocenters. The molecule has 4 nitrogen and oxygen atoms in total. The maximum Gasteiger partial charge on any atom is 0.247 e. The molecule has 0 saturated carbocycles. The highest BCUT2D eigenvalue weighted by Crippen LogP contribution is 2.21. The van der Waals surface area contributed by atoms with Crippen molar-refractivity contribution in [2.45, 2.75) is 44.9 Å². The maximum absolute atomic E-state index is 11.7. The molecule has 0 aromatic heterocycles. The number of carbonyl (C=O) groups is 2. The summed E-state index contributed by atoms with van der Waals surface area (Å²) in [6.07, 6.45) is 9.00. The monoisotopic (exact) mass is 348 g/mol. The van der Waals surface area contributed by atoms with Crippen LogP contribution in [0.15, 0.2) is 29.8 Å². The van der Waals surface area contributed by atoms with Crippen molar-refractivity contribution >= 4 is 29.5 Å². The van der Waals surface area contributed by atoms with E-state index in [2.05, 4.69) is 10.6 Å². The second-order valence-electron chi connectivity index (χ2n) is 6.06. The average molecular weight is 349 g/mol. The fourth-order valence-corrected chi connectivity index (χ4v) is 2.88. The number of benzene rings is 1. The highest BCUT2D eigenvalue weighted by Gasteiger charge is 2.12. The first-order valence-electron chi connectivity index (χ1n) is 8.67. The van der Waals surface area contributed by atoms with Gasteiger partial charge >= 0.3 is 0 Å². The van der Waals surface area contributed by atoms with Crippen molar-refractivity contribution in [1.29, 1.82) is 0 Å². The van der Waals surface area contributed by atoms with Crippen LogP contribution in [0.1, 0.15) is 50.5 Å². The third-order valence-electron chi connectivity index (χ3n) is 4.09. The van der Waals surface area contributed by atoms with Crippen LogP contribution >= 0.6 is 11.6 Å². The summed E-state index contributed by atoms with van der Waals surface area (Å²) in [4.78, 5) is 22.3. The molecule has 0 bridgehead atoms. The number of hydrogen-bond donors (Lipinski definition) is 2. The van der Waals surface area contributed by atoms with Crippen LogP contribution in [-0.4, -0.2) is 24.9 Å². The molecule has 130 valence electrons. The van der Waals surface area contributed by atoms with Crippen molar-refractivity contribution in [1.82, 2.24) is 10.6 Å².